The first-order valence-electron chi connectivity index (χ1n) is 7.00. The van der Waals surface area contributed by atoms with Crippen LogP contribution in [0.5, 0.6) is 0 Å². The van der Waals surface area contributed by atoms with Crippen molar-refractivity contribution in [1.82, 2.24) is 15.5 Å². The minimum Gasteiger partial charge on any atom is -0.338 e. The summed E-state index contributed by atoms with van der Waals surface area (Å²) < 4.78 is 0. The molecule has 1 aliphatic carbocycles. The summed E-state index contributed by atoms with van der Waals surface area (Å²) in [7, 11) is 0. The standard InChI is InChI=1S/C13H27N3O/c1-3-9-16(11-12-6-7-12)10-5-8-15-13(17)14-4-2/h12H,3-11H2,1-2H3,(H2,14,15,17). The Morgan fingerprint density at radius 1 is 1.24 bits per heavy atom. The molecule has 0 aliphatic heterocycles. The smallest absolute Gasteiger partial charge is 0.314 e. The van der Waals surface area contributed by atoms with E-state index in [0.717, 1.165) is 25.4 Å². The van der Waals surface area contributed by atoms with E-state index >= 15 is 0 Å². The number of nitrogens with one attached hydrogen (secondary N) is 2. The van der Waals surface area contributed by atoms with E-state index < -0.39 is 0 Å². The van der Waals surface area contributed by atoms with Crippen LogP contribution in [0.25, 0.3) is 0 Å². The number of urea groups is 1. The summed E-state index contributed by atoms with van der Waals surface area (Å²) in [4.78, 5) is 13.7. The second kappa shape index (κ2) is 8.34. The van der Waals surface area contributed by atoms with Crippen LogP contribution in [-0.2, 0) is 0 Å². The molecule has 4 nitrogen and oxygen atoms in total. The molecule has 2 N–H and O–H groups in total. The zero-order valence-electron chi connectivity index (χ0n) is 11.3. The van der Waals surface area contributed by atoms with Crippen molar-refractivity contribution in [3.8, 4) is 0 Å². The van der Waals surface area contributed by atoms with Gasteiger partial charge in [-0.05, 0) is 51.6 Å². The minimum atomic E-state index is -0.0447. The largest absolute Gasteiger partial charge is 0.338 e. The molecule has 0 aromatic heterocycles. The summed E-state index contributed by atoms with van der Waals surface area (Å²) in [6, 6.07) is -0.0447. The molecule has 0 aromatic rings. The van der Waals surface area contributed by atoms with Gasteiger partial charge in [0.1, 0.15) is 0 Å². The van der Waals surface area contributed by atoms with Gasteiger partial charge in [0.2, 0.25) is 0 Å². The molecule has 0 heterocycles. The molecule has 4 heteroatoms. The quantitative estimate of drug-likeness (QED) is 0.605. The Morgan fingerprint density at radius 2 is 2.00 bits per heavy atom. The highest BCUT2D eigenvalue weighted by Crippen LogP contribution is 2.29. The lowest BCUT2D eigenvalue weighted by Crippen LogP contribution is -2.37. The molecular weight excluding hydrogens is 214 g/mol. The molecular formula is C13H27N3O. The summed E-state index contributed by atoms with van der Waals surface area (Å²) in [5, 5.41) is 5.61. The van der Waals surface area contributed by atoms with E-state index in [4.69, 9.17) is 0 Å². The molecule has 0 unspecified atom stereocenters. The lowest BCUT2D eigenvalue weighted by Gasteiger charge is -2.21. The summed E-state index contributed by atoms with van der Waals surface area (Å²) in [6.45, 7) is 9.18. The molecule has 0 saturated heterocycles. The lowest BCUT2D eigenvalue weighted by molar-refractivity contribution is 0.237. The lowest BCUT2D eigenvalue weighted by atomic mass is 10.3. The number of amides is 2. The molecule has 0 spiro atoms. The predicted octanol–water partition coefficient (Wildman–Crippen LogP) is 1.82. The van der Waals surface area contributed by atoms with Gasteiger partial charge in [-0.15, -0.1) is 0 Å². The fourth-order valence-electron chi connectivity index (χ4n) is 2.00. The maximum atomic E-state index is 11.2. The van der Waals surface area contributed by atoms with Gasteiger partial charge in [0, 0.05) is 19.6 Å². The van der Waals surface area contributed by atoms with E-state index in [1.54, 1.807) is 0 Å². The molecule has 17 heavy (non-hydrogen) atoms. The highest BCUT2D eigenvalue weighted by molar-refractivity contribution is 5.73. The third-order valence-corrected chi connectivity index (χ3v) is 3.03. The van der Waals surface area contributed by atoms with Gasteiger partial charge >= 0.3 is 6.03 Å². The molecule has 0 atom stereocenters. The highest BCUT2D eigenvalue weighted by atomic mass is 16.2. The van der Waals surface area contributed by atoms with Gasteiger partial charge in [0.15, 0.2) is 0 Å². The van der Waals surface area contributed by atoms with Crippen molar-refractivity contribution >= 4 is 6.03 Å². The van der Waals surface area contributed by atoms with E-state index in [2.05, 4.69) is 22.5 Å². The number of carbonyl (C=O) groups excluding carboxylic acids is 1. The van der Waals surface area contributed by atoms with Gasteiger partial charge < -0.3 is 15.5 Å². The Balaban J connectivity index is 2.02. The third-order valence-electron chi connectivity index (χ3n) is 3.03. The van der Waals surface area contributed by atoms with E-state index in [0.29, 0.717) is 6.54 Å². The summed E-state index contributed by atoms with van der Waals surface area (Å²) in [5.41, 5.74) is 0. The molecule has 1 aliphatic rings. The molecule has 100 valence electrons. The average Bonchev–Trinajstić information content (AvgIpc) is 3.09. The first-order chi connectivity index (χ1) is 8.26. The van der Waals surface area contributed by atoms with E-state index in [1.807, 2.05) is 6.92 Å². The molecule has 1 fully saturated rings. The van der Waals surface area contributed by atoms with Crippen LogP contribution in [0.4, 0.5) is 4.79 Å². The summed E-state index contributed by atoms with van der Waals surface area (Å²) in [6.07, 6.45) is 5.09. The van der Waals surface area contributed by atoms with Crippen LogP contribution in [0.2, 0.25) is 0 Å². The Kier molecular flexibility index (Phi) is 7.01. The summed E-state index contributed by atoms with van der Waals surface area (Å²) >= 11 is 0. The highest BCUT2D eigenvalue weighted by Gasteiger charge is 2.23. The Labute approximate surface area is 105 Å². The van der Waals surface area contributed by atoms with E-state index in [-0.39, 0.29) is 6.03 Å². The topological polar surface area (TPSA) is 44.4 Å². The number of carbonyl (C=O) groups is 1. The maximum Gasteiger partial charge on any atom is 0.314 e. The van der Waals surface area contributed by atoms with Crippen LogP contribution in [0.1, 0.15) is 39.5 Å². The van der Waals surface area contributed by atoms with Crippen molar-refractivity contribution in [2.45, 2.75) is 39.5 Å². The van der Waals surface area contributed by atoms with Crippen molar-refractivity contribution in [1.29, 1.82) is 0 Å². The minimum absolute atomic E-state index is 0.0447. The number of hydrogen-bond donors (Lipinski definition) is 2. The fourth-order valence-corrected chi connectivity index (χ4v) is 2.00. The molecule has 1 saturated carbocycles. The van der Waals surface area contributed by atoms with Gasteiger partial charge in [-0.25, -0.2) is 4.79 Å². The second-order valence-electron chi connectivity index (χ2n) is 4.88. The van der Waals surface area contributed by atoms with Crippen LogP contribution in [0, 0.1) is 5.92 Å². The van der Waals surface area contributed by atoms with Gasteiger partial charge in [0.25, 0.3) is 0 Å². The Bertz CT molecular complexity index is 217. The van der Waals surface area contributed by atoms with Gasteiger partial charge in [0.05, 0.1) is 0 Å². The molecule has 0 radical (unpaired) electrons. The Hall–Kier alpha value is -0.770. The van der Waals surface area contributed by atoms with Crippen LogP contribution >= 0.6 is 0 Å². The SMILES string of the molecule is CCCN(CCCNC(=O)NCC)CC1CC1. The normalized spacial score (nSPS) is 15.0. The first-order valence-corrected chi connectivity index (χ1v) is 7.00. The average molecular weight is 241 g/mol. The third kappa shape index (κ3) is 7.21. The van der Waals surface area contributed by atoms with Crippen molar-refractivity contribution < 1.29 is 4.79 Å². The molecule has 1 rings (SSSR count). The zero-order valence-corrected chi connectivity index (χ0v) is 11.3. The van der Waals surface area contributed by atoms with Crippen LogP contribution < -0.4 is 10.6 Å². The van der Waals surface area contributed by atoms with Crippen molar-refractivity contribution in [2.75, 3.05) is 32.7 Å². The van der Waals surface area contributed by atoms with Crippen molar-refractivity contribution in [3.05, 3.63) is 0 Å². The maximum absolute atomic E-state index is 11.2. The van der Waals surface area contributed by atoms with Gasteiger partial charge in [-0.2, -0.15) is 0 Å². The van der Waals surface area contributed by atoms with Crippen molar-refractivity contribution in [3.63, 3.8) is 0 Å². The molecule has 2 amide bonds. The van der Waals surface area contributed by atoms with E-state index in [9.17, 15) is 4.79 Å². The van der Waals surface area contributed by atoms with Crippen LogP contribution in [0.3, 0.4) is 0 Å². The number of rotatable bonds is 9. The second-order valence-corrected chi connectivity index (χ2v) is 4.88. The van der Waals surface area contributed by atoms with Gasteiger partial charge in [-0.3, -0.25) is 0 Å². The Morgan fingerprint density at radius 3 is 2.59 bits per heavy atom. The van der Waals surface area contributed by atoms with E-state index in [1.165, 1.54) is 32.4 Å². The summed E-state index contributed by atoms with van der Waals surface area (Å²) in [5.74, 6) is 0.956. The fraction of sp³-hybridized carbons (Fsp3) is 0.923. The predicted molar refractivity (Wildman–Crippen MR) is 71.1 cm³/mol. The number of hydrogen-bond acceptors (Lipinski definition) is 2. The van der Waals surface area contributed by atoms with Crippen LogP contribution in [-0.4, -0.2) is 43.7 Å². The molecule has 0 bridgehead atoms. The monoisotopic (exact) mass is 241 g/mol. The number of nitrogens with zero attached hydrogens (tertiary/aromatic N) is 1. The zero-order chi connectivity index (χ0) is 12.5. The first kappa shape index (κ1) is 14.3. The van der Waals surface area contributed by atoms with Crippen molar-refractivity contribution in [2.24, 2.45) is 5.92 Å². The van der Waals surface area contributed by atoms with Gasteiger partial charge in [-0.1, -0.05) is 6.92 Å². The molecule has 0 aromatic carbocycles. The van der Waals surface area contributed by atoms with Crippen LogP contribution in [0.15, 0.2) is 0 Å².